The second kappa shape index (κ2) is 8.83. The summed E-state index contributed by atoms with van der Waals surface area (Å²) in [5.41, 5.74) is 1.29. The monoisotopic (exact) mass is 406 g/mol. The molecule has 2 aromatic carbocycles. The van der Waals surface area contributed by atoms with Gasteiger partial charge in [-0.25, -0.2) is 4.79 Å². The number of carbonyl (C=O) groups is 1. The third-order valence-corrected chi connectivity index (χ3v) is 5.73. The lowest BCUT2D eigenvalue weighted by atomic mass is 10.1. The van der Waals surface area contributed by atoms with Crippen molar-refractivity contribution in [2.75, 3.05) is 13.7 Å². The molecule has 0 amide bonds. The molecule has 0 bridgehead atoms. The van der Waals surface area contributed by atoms with E-state index < -0.39 is 34.6 Å². The van der Waals surface area contributed by atoms with Gasteiger partial charge in [-0.15, -0.1) is 0 Å². The fourth-order valence-electron chi connectivity index (χ4n) is 2.80. The molecule has 0 unspecified atom stereocenters. The van der Waals surface area contributed by atoms with E-state index in [0.717, 1.165) is 5.56 Å². The Labute approximate surface area is 164 Å². The maximum Gasteiger partial charge on any atom is 0.338 e. The third-order valence-electron chi connectivity index (χ3n) is 4.38. The van der Waals surface area contributed by atoms with Crippen LogP contribution in [0.3, 0.4) is 0 Å². The van der Waals surface area contributed by atoms with Crippen LogP contribution in [0.2, 0.25) is 0 Å². The maximum absolute atomic E-state index is 12.6. The lowest BCUT2D eigenvalue weighted by Gasteiger charge is -2.34. The summed E-state index contributed by atoms with van der Waals surface area (Å²) in [6.45, 7) is 1.77. The summed E-state index contributed by atoms with van der Waals surface area (Å²) in [4.78, 5) is 12.4. The van der Waals surface area contributed by atoms with Crippen LogP contribution in [0.5, 0.6) is 0 Å². The molecule has 3 rings (SSSR count). The van der Waals surface area contributed by atoms with Crippen LogP contribution in [0.15, 0.2) is 59.5 Å². The number of hydrogen-bond acceptors (Lipinski definition) is 7. The highest BCUT2D eigenvalue weighted by atomic mass is 32.2. The number of rotatable bonds is 6. The van der Waals surface area contributed by atoms with Crippen LogP contribution in [0.25, 0.3) is 0 Å². The quantitative estimate of drug-likeness (QED) is 0.538. The van der Waals surface area contributed by atoms with Crippen LogP contribution >= 0.6 is 0 Å². The molecule has 1 saturated heterocycles. The molecular weight excluding hydrogens is 384 g/mol. The zero-order valence-corrected chi connectivity index (χ0v) is 16.4. The van der Waals surface area contributed by atoms with E-state index in [4.69, 9.17) is 18.4 Å². The largest absolute Gasteiger partial charge is 0.456 e. The van der Waals surface area contributed by atoms with Gasteiger partial charge in [0.2, 0.25) is 0 Å². The van der Waals surface area contributed by atoms with Gasteiger partial charge in [-0.3, -0.25) is 4.18 Å². The summed E-state index contributed by atoms with van der Waals surface area (Å²) in [6, 6.07) is 14.8. The molecule has 7 nitrogen and oxygen atoms in total. The molecule has 150 valence electrons. The van der Waals surface area contributed by atoms with E-state index in [-0.39, 0.29) is 17.9 Å². The Balaban J connectivity index is 1.77. The minimum atomic E-state index is -4.05. The molecule has 1 heterocycles. The first-order valence-corrected chi connectivity index (χ1v) is 10.2. The Morgan fingerprint density at radius 2 is 1.71 bits per heavy atom. The van der Waals surface area contributed by atoms with E-state index in [1.165, 1.54) is 19.2 Å². The number of methoxy groups -OCH3 is 1. The fraction of sp³-hybridized carbons (Fsp3) is 0.350. The van der Waals surface area contributed by atoms with E-state index in [2.05, 4.69) is 0 Å². The molecule has 0 aromatic heterocycles. The molecule has 0 radical (unpaired) electrons. The number of aryl methyl sites for hydroxylation is 1. The van der Waals surface area contributed by atoms with Crippen molar-refractivity contribution in [3.63, 3.8) is 0 Å². The summed E-state index contributed by atoms with van der Waals surface area (Å²) in [7, 11) is -2.58. The highest BCUT2D eigenvalue weighted by Gasteiger charge is 2.38. The second-order valence-electron chi connectivity index (χ2n) is 6.45. The van der Waals surface area contributed by atoms with Gasteiger partial charge >= 0.3 is 5.97 Å². The van der Waals surface area contributed by atoms with Crippen molar-refractivity contribution >= 4 is 16.1 Å². The Bertz CT molecular complexity index is 894. The molecule has 1 aliphatic rings. The molecule has 28 heavy (non-hydrogen) atoms. The summed E-state index contributed by atoms with van der Waals surface area (Å²) in [5.74, 6) is -0.566. The highest BCUT2D eigenvalue weighted by molar-refractivity contribution is 7.86. The van der Waals surface area contributed by atoms with E-state index in [0.29, 0.717) is 5.56 Å². The molecular formula is C20H22O7S. The van der Waals surface area contributed by atoms with E-state index in [9.17, 15) is 13.2 Å². The number of ether oxygens (including phenoxy) is 3. The van der Waals surface area contributed by atoms with Crippen molar-refractivity contribution in [3.8, 4) is 0 Å². The molecule has 3 atom stereocenters. The highest BCUT2D eigenvalue weighted by Crippen LogP contribution is 2.25. The van der Waals surface area contributed by atoms with Gasteiger partial charge < -0.3 is 14.2 Å². The van der Waals surface area contributed by atoms with Crippen molar-refractivity contribution in [2.45, 2.75) is 36.7 Å². The van der Waals surface area contributed by atoms with Crippen LogP contribution in [-0.4, -0.2) is 46.6 Å². The van der Waals surface area contributed by atoms with Crippen LogP contribution in [0.1, 0.15) is 22.3 Å². The van der Waals surface area contributed by atoms with Crippen LogP contribution in [0, 0.1) is 6.92 Å². The van der Waals surface area contributed by atoms with E-state index >= 15 is 0 Å². The molecule has 1 aliphatic heterocycles. The number of carbonyl (C=O) groups excluding carboxylic acids is 1. The Kier molecular flexibility index (Phi) is 6.46. The van der Waals surface area contributed by atoms with Gasteiger partial charge in [0.05, 0.1) is 17.1 Å². The van der Waals surface area contributed by atoms with Crippen molar-refractivity contribution < 1.29 is 31.6 Å². The fourth-order valence-corrected chi connectivity index (χ4v) is 3.89. The summed E-state index contributed by atoms with van der Waals surface area (Å²) in [5, 5.41) is 0. The lowest BCUT2D eigenvalue weighted by Crippen LogP contribution is -2.46. The van der Waals surface area contributed by atoms with Crippen molar-refractivity contribution in [2.24, 2.45) is 0 Å². The summed E-state index contributed by atoms with van der Waals surface area (Å²) in [6.07, 6.45) is -2.28. The third kappa shape index (κ3) is 4.96. The maximum atomic E-state index is 12.6. The average molecular weight is 406 g/mol. The van der Waals surface area contributed by atoms with Gasteiger partial charge in [0.25, 0.3) is 10.1 Å². The summed E-state index contributed by atoms with van der Waals surface area (Å²) < 4.78 is 46.7. The molecule has 2 aromatic rings. The first-order chi connectivity index (χ1) is 13.4. The van der Waals surface area contributed by atoms with Crippen LogP contribution in [-0.2, 0) is 28.5 Å². The SMILES string of the molecule is CO[C@H]1C[C@H](OC(=O)c2ccccc2)[C@H](OS(=O)(=O)c2ccc(C)cc2)CO1. The van der Waals surface area contributed by atoms with Gasteiger partial charge in [0.15, 0.2) is 6.29 Å². The summed E-state index contributed by atoms with van der Waals surface area (Å²) >= 11 is 0. The smallest absolute Gasteiger partial charge is 0.338 e. The number of benzene rings is 2. The predicted octanol–water partition coefficient (Wildman–Crippen LogP) is 2.69. The van der Waals surface area contributed by atoms with Gasteiger partial charge in [-0.05, 0) is 31.2 Å². The zero-order chi connectivity index (χ0) is 20.1. The Hall–Kier alpha value is -2.26. The van der Waals surface area contributed by atoms with Gasteiger partial charge in [0.1, 0.15) is 12.2 Å². The average Bonchev–Trinajstić information content (AvgIpc) is 2.70. The minimum Gasteiger partial charge on any atom is -0.456 e. The van der Waals surface area contributed by atoms with E-state index in [1.54, 1.807) is 42.5 Å². The van der Waals surface area contributed by atoms with Gasteiger partial charge in [-0.2, -0.15) is 8.42 Å². The minimum absolute atomic E-state index is 0.0279. The molecule has 0 saturated carbocycles. The first-order valence-electron chi connectivity index (χ1n) is 8.79. The Morgan fingerprint density at radius 3 is 2.36 bits per heavy atom. The molecule has 1 fully saturated rings. The molecule has 0 spiro atoms. The molecule has 0 N–H and O–H groups in total. The standard InChI is InChI=1S/C20H22O7S/c1-14-8-10-16(11-9-14)28(22,23)27-18-13-25-19(24-2)12-17(18)26-20(21)15-6-4-3-5-7-15/h3-11,17-19H,12-13H2,1-2H3/t17-,18+,19+/m0/s1. The first kappa shape index (κ1) is 20.5. The topological polar surface area (TPSA) is 88.1 Å². The molecule has 0 aliphatic carbocycles. The lowest BCUT2D eigenvalue weighted by molar-refractivity contribution is -0.200. The van der Waals surface area contributed by atoms with Crippen LogP contribution in [0.4, 0.5) is 0 Å². The number of esters is 1. The second-order valence-corrected chi connectivity index (χ2v) is 8.02. The normalized spacial score (nSPS) is 22.6. The molecule has 8 heteroatoms. The Morgan fingerprint density at radius 1 is 1.04 bits per heavy atom. The van der Waals surface area contributed by atoms with Crippen molar-refractivity contribution in [1.29, 1.82) is 0 Å². The van der Waals surface area contributed by atoms with Crippen LogP contribution < -0.4 is 0 Å². The predicted molar refractivity (Wildman–Crippen MR) is 100 cm³/mol. The van der Waals surface area contributed by atoms with Gasteiger partial charge in [0, 0.05) is 13.5 Å². The number of hydrogen-bond donors (Lipinski definition) is 0. The van der Waals surface area contributed by atoms with Crippen molar-refractivity contribution in [3.05, 3.63) is 65.7 Å². The van der Waals surface area contributed by atoms with Crippen molar-refractivity contribution in [1.82, 2.24) is 0 Å². The van der Waals surface area contributed by atoms with Gasteiger partial charge in [-0.1, -0.05) is 35.9 Å². The van der Waals surface area contributed by atoms with E-state index in [1.807, 2.05) is 6.92 Å². The zero-order valence-electron chi connectivity index (χ0n) is 15.6.